The number of nitrogens with zero attached hydrogens (tertiary/aromatic N) is 1. The van der Waals surface area contributed by atoms with Gasteiger partial charge in [-0.05, 0) is 0 Å². The Balaban J connectivity index is -0.0000000383. The summed E-state index contributed by atoms with van der Waals surface area (Å²) in [5.74, 6) is 2.83. The topological polar surface area (TPSA) is 80.6 Å². The first-order valence-electron chi connectivity index (χ1n) is 5.50. The molecule has 116 valence electrons. The van der Waals surface area contributed by atoms with E-state index in [1.54, 1.807) is 0 Å². The van der Waals surface area contributed by atoms with Gasteiger partial charge >= 0.3 is 103 Å². The van der Waals surface area contributed by atoms with Crippen LogP contribution in [0.25, 0.3) is 0 Å². The van der Waals surface area contributed by atoms with Crippen LogP contribution in [0, 0.1) is 11.8 Å². The van der Waals surface area contributed by atoms with Gasteiger partial charge in [-0.25, -0.2) is 0 Å². The van der Waals surface area contributed by atoms with Gasteiger partial charge in [0.05, 0.1) is 6.41 Å². The fraction of sp³-hybridized carbons (Fsp3) is 0.400. The van der Waals surface area contributed by atoms with Crippen molar-refractivity contribution in [1.29, 1.82) is 0 Å². The average molecular weight is 358 g/mol. The molecule has 22 heavy (non-hydrogen) atoms. The van der Waals surface area contributed by atoms with Crippen molar-refractivity contribution in [2.45, 2.75) is 41.5 Å². The molecular formula is C15H21K2NO4-4. The van der Waals surface area contributed by atoms with E-state index < -0.39 is 0 Å². The summed E-state index contributed by atoms with van der Waals surface area (Å²) in [4.78, 5) is 39.3. The van der Waals surface area contributed by atoms with E-state index in [0.717, 1.165) is 18.6 Å². The molecule has 0 aliphatic carbocycles. The van der Waals surface area contributed by atoms with Gasteiger partial charge in [-0.3, -0.25) is 6.21 Å². The molecule has 0 bridgehead atoms. The predicted octanol–water partition coefficient (Wildman–Crippen LogP) is -3.75. The molecule has 0 unspecified atom stereocenters. The third-order valence-corrected chi connectivity index (χ3v) is 0.389. The van der Waals surface area contributed by atoms with E-state index in [-0.39, 0.29) is 103 Å². The summed E-state index contributed by atoms with van der Waals surface area (Å²) >= 11 is 0. The Morgan fingerprint density at radius 1 is 0.682 bits per heavy atom. The molecule has 0 radical (unpaired) electrons. The Bertz CT molecular complexity index is 225. The first-order chi connectivity index (χ1) is 9.29. The minimum Gasteiger partial charge on any atom is -0.556 e. The molecule has 0 aliphatic heterocycles. The van der Waals surface area contributed by atoms with Crippen molar-refractivity contribution in [2.75, 3.05) is 0 Å². The second kappa shape index (κ2) is 43.2. The van der Waals surface area contributed by atoms with Crippen LogP contribution in [0.1, 0.15) is 41.5 Å². The van der Waals surface area contributed by atoms with Gasteiger partial charge in [-0.2, -0.15) is 41.5 Å². The molecule has 0 spiro atoms. The molecule has 0 atom stereocenters. The number of aliphatic imine (C=N–C) groups is 1. The molecule has 0 aromatic heterocycles. The van der Waals surface area contributed by atoms with E-state index in [2.05, 4.69) is 46.5 Å². The first-order valence-corrected chi connectivity index (χ1v) is 5.50. The number of amides is 1. The van der Waals surface area contributed by atoms with Gasteiger partial charge in [-0.1, -0.05) is 0 Å². The van der Waals surface area contributed by atoms with Crippen molar-refractivity contribution in [3.8, 4) is 0 Å². The van der Waals surface area contributed by atoms with Crippen LogP contribution in [0.5, 0.6) is 0 Å². The van der Waals surface area contributed by atoms with Gasteiger partial charge in [0, 0.05) is 0 Å². The van der Waals surface area contributed by atoms with Gasteiger partial charge < -0.3 is 54.4 Å². The van der Waals surface area contributed by atoms with E-state index >= 15 is 0 Å². The van der Waals surface area contributed by atoms with E-state index in [1.807, 2.05) is 0 Å². The maximum Gasteiger partial charge on any atom is 1.00 e. The Labute approximate surface area is 220 Å². The van der Waals surface area contributed by atoms with Crippen LogP contribution in [0.3, 0.4) is 0 Å². The fourth-order valence-electron chi connectivity index (χ4n) is 0.121. The molecular weight excluding hydrogens is 336 g/mol. The number of hydrogen-bond acceptors (Lipinski definition) is 4. The summed E-state index contributed by atoms with van der Waals surface area (Å²) in [6, 6.07) is 0. The van der Waals surface area contributed by atoms with Gasteiger partial charge in [-0.15, -0.1) is 12.6 Å². The van der Waals surface area contributed by atoms with Crippen LogP contribution in [0.4, 0.5) is 0 Å². The zero-order valence-corrected chi connectivity index (χ0v) is 21.1. The zero-order chi connectivity index (χ0) is 16.8. The fourth-order valence-corrected chi connectivity index (χ4v) is 0.121. The van der Waals surface area contributed by atoms with Gasteiger partial charge in [0.2, 0.25) is 0 Å². The predicted molar refractivity (Wildman–Crippen MR) is 80.9 cm³/mol. The number of hydrogen-bond donors (Lipinski definition) is 0. The number of carbonyl (C=O) groups excluding carboxylic acids is 4. The third kappa shape index (κ3) is 163. The number of rotatable bonds is 4. The minimum absolute atomic E-state index is 0. The third-order valence-electron chi connectivity index (χ3n) is 0.389. The number of allylic oxidation sites excluding steroid dienone is 2. The van der Waals surface area contributed by atoms with Crippen molar-refractivity contribution in [1.82, 2.24) is 0 Å². The molecule has 7 heteroatoms. The molecule has 0 saturated carbocycles. The maximum absolute atomic E-state index is 9.17. The molecule has 0 heterocycles. The van der Waals surface area contributed by atoms with Crippen molar-refractivity contribution >= 4 is 31.5 Å². The molecule has 0 aromatic carbocycles. The van der Waals surface area contributed by atoms with E-state index in [0.29, 0.717) is 6.21 Å². The summed E-state index contributed by atoms with van der Waals surface area (Å²) in [7, 11) is 0. The Kier molecular flexibility index (Phi) is 76.2. The average Bonchev–Trinajstić information content (AvgIpc) is 2.33. The standard InChI is InChI=1S/C4H2O2.2C4H9.C3HNO2.2K/c5-3-1-2-4-6;2*1-4(2)3;5-2-1-4-3-6;;/h1-2H;2*1-3H3;1H;;/q-2;2*-1;-2;2*+1. The Morgan fingerprint density at radius 3 is 1.05 bits per heavy atom. The second-order valence-corrected chi connectivity index (χ2v) is 4.04. The summed E-state index contributed by atoms with van der Waals surface area (Å²) in [6.45, 7) is 12.5. The van der Waals surface area contributed by atoms with Crippen LogP contribution in [-0.2, 0) is 19.2 Å². The van der Waals surface area contributed by atoms with E-state index in [1.165, 1.54) is 30.7 Å². The smallest absolute Gasteiger partial charge is 0.556 e. The van der Waals surface area contributed by atoms with E-state index in [4.69, 9.17) is 9.59 Å². The van der Waals surface area contributed by atoms with Crippen LogP contribution >= 0.6 is 0 Å². The SMILES string of the molecule is C[C-](C)C.C[C-](C)C.O=[C-]C=C[C-]=O.O=[C-]C=N[C-]=O.[K+].[K+]. The molecule has 1 amide bonds. The molecule has 0 saturated heterocycles. The molecule has 0 N–H and O–H groups in total. The van der Waals surface area contributed by atoms with Gasteiger partial charge in [0.1, 0.15) is 0 Å². The molecule has 0 aliphatic rings. The van der Waals surface area contributed by atoms with E-state index in [9.17, 15) is 9.59 Å². The van der Waals surface area contributed by atoms with Crippen LogP contribution in [-0.4, -0.2) is 31.5 Å². The van der Waals surface area contributed by atoms with Crippen molar-refractivity contribution in [2.24, 2.45) is 4.99 Å². The zero-order valence-electron chi connectivity index (χ0n) is 14.8. The summed E-state index contributed by atoms with van der Waals surface area (Å²) in [6.07, 6.45) is 7.75. The summed E-state index contributed by atoms with van der Waals surface area (Å²) in [5, 5.41) is 0. The van der Waals surface area contributed by atoms with Gasteiger partial charge in [0.25, 0.3) is 0 Å². The molecule has 5 nitrogen and oxygen atoms in total. The van der Waals surface area contributed by atoms with Crippen LogP contribution in [0.2, 0.25) is 0 Å². The normalized spacial score (nSPS) is 8.00. The maximum atomic E-state index is 9.17. The van der Waals surface area contributed by atoms with Crippen molar-refractivity contribution in [3.63, 3.8) is 0 Å². The quantitative estimate of drug-likeness (QED) is 0.224. The Morgan fingerprint density at radius 2 is 0.955 bits per heavy atom. The summed E-state index contributed by atoms with van der Waals surface area (Å²) < 4.78 is 0. The van der Waals surface area contributed by atoms with Gasteiger partial charge in [0.15, 0.2) is 0 Å². The first kappa shape index (κ1) is 38.8. The monoisotopic (exact) mass is 357 g/mol. The molecule has 0 rings (SSSR count). The van der Waals surface area contributed by atoms with Crippen molar-refractivity contribution < 1.29 is 122 Å². The minimum atomic E-state index is 0. The Hall–Kier alpha value is 1.36. The second-order valence-electron chi connectivity index (χ2n) is 4.04. The van der Waals surface area contributed by atoms with Crippen LogP contribution in [0.15, 0.2) is 17.1 Å². The summed E-state index contributed by atoms with van der Waals surface area (Å²) in [5.41, 5.74) is 0. The molecule has 0 fully saturated rings. The van der Waals surface area contributed by atoms with Crippen LogP contribution < -0.4 is 103 Å². The molecule has 0 aromatic rings. The van der Waals surface area contributed by atoms with Crippen molar-refractivity contribution in [3.05, 3.63) is 24.0 Å². The largest absolute Gasteiger partial charge is 1.00 e.